The van der Waals surface area contributed by atoms with Gasteiger partial charge in [0.05, 0.1) is 0 Å². The van der Waals surface area contributed by atoms with Crippen molar-refractivity contribution in [3.05, 3.63) is 28.2 Å². The van der Waals surface area contributed by atoms with Crippen LogP contribution in [0.2, 0.25) is 0 Å². The normalized spacial score (nSPS) is 12.3. The second-order valence-corrected chi connectivity index (χ2v) is 5.88. The number of hydrogen-bond acceptors (Lipinski definition) is 2. The predicted octanol–water partition coefficient (Wildman–Crippen LogP) is 3.33. The first-order valence-corrected chi connectivity index (χ1v) is 7.00. The van der Waals surface area contributed by atoms with Gasteiger partial charge in [-0.15, -0.1) is 0 Å². The first-order chi connectivity index (χ1) is 8.40. The van der Waals surface area contributed by atoms with Gasteiger partial charge in [-0.1, -0.05) is 29.8 Å². The predicted molar refractivity (Wildman–Crippen MR) is 79.8 cm³/mol. The van der Waals surface area contributed by atoms with Gasteiger partial charge in [-0.3, -0.25) is 4.79 Å². The number of nitrogens with one attached hydrogen (secondary N) is 2. The Balaban J connectivity index is 2.58. The summed E-state index contributed by atoms with van der Waals surface area (Å²) in [7, 11) is 0. The fourth-order valence-corrected chi connectivity index (χ4v) is 2.02. The van der Waals surface area contributed by atoms with Crippen LogP contribution >= 0.6 is 15.9 Å². The van der Waals surface area contributed by atoms with Crippen LogP contribution in [-0.2, 0) is 4.79 Å². The summed E-state index contributed by atoms with van der Waals surface area (Å²) in [5.41, 5.74) is 2.11. The van der Waals surface area contributed by atoms with Crippen molar-refractivity contribution in [3.63, 3.8) is 0 Å². The van der Waals surface area contributed by atoms with Crippen molar-refractivity contribution in [1.29, 1.82) is 0 Å². The number of hydrogen-bond donors (Lipinski definition) is 2. The van der Waals surface area contributed by atoms with Gasteiger partial charge in [0.25, 0.3) is 0 Å². The van der Waals surface area contributed by atoms with E-state index in [1.807, 2.05) is 32.0 Å². The monoisotopic (exact) mass is 312 g/mol. The standard InChI is InChI=1S/C14H21BrN2O/c1-9(2)8-16-14(18)11(4)17-13-6-5-12(15)7-10(13)3/h5-7,9,11,17H,8H2,1-4H3,(H,16,18). The van der Waals surface area contributed by atoms with Crippen LogP contribution in [0.15, 0.2) is 22.7 Å². The molecule has 0 bridgehead atoms. The number of carbonyl (C=O) groups is 1. The molecule has 0 aliphatic rings. The molecule has 0 aromatic heterocycles. The van der Waals surface area contributed by atoms with Crippen LogP contribution in [0.1, 0.15) is 26.3 Å². The third-order valence-electron chi connectivity index (χ3n) is 2.64. The molecule has 1 amide bonds. The van der Waals surface area contributed by atoms with E-state index in [1.54, 1.807) is 0 Å². The Morgan fingerprint density at radius 2 is 2.00 bits per heavy atom. The molecule has 1 unspecified atom stereocenters. The van der Waals surface area contributed by atoms with E-state index in [0.29, 0.717) is 12.5 Å². The van der Waals surface area contributed by atoms with E-state index in [4.69, 9.17) is 0 Å². The van der Waals surface area contributed by atoms with Gasteiger partial charge in [0.2, 0.25) is 5.91 Å². The molecule has 1 rings (SSSR count). The van der Waals surface area contributed by atoms with E-state index >= 15 is 0 Å². The van der Waals surface area contributed by atoms with Crippen LogP contribution in [0.25, 0.3) is 0 Å². The van der Waals surface area contributed by atoms with E-state index in [2.05, 4.69) is 40.4 Å². The zero-order valence-corrected chi connectivity index (χ0v) is 13.0. The van der Waals surface area contributed by atoms with Crippen LogP contribution in [0.5, 0.6) is 0 Å². The molecular formula is C14H21BrN2O. The number of anilines is 1. The maximum absolute atomic E-state index is 11.8. The fourth-order valence-electron chi connectivity index (χ4n) is 1.55. The van der Waals surface area contributed by atoms with Crippen molar-refractivity contribution in [1.82, 2.24) is 5.32 Å². The average Bonchev–Trinajstić information content (AvgIpc) is 2.29. The first-order valence-electron chi connectivity index (χ1n) is 6.20. The maximum Gasteiger partial charge on any atom is 0.242 e. The lowest BCUT2D eigenvalue weighted by molar-refractivity contribution is -0.121. The molecule has 0 radical (unpaired) electrons. The Morgan fingerprint density at radius 3 is 2.56 bits per heavy atom. The number of aryl methyl sites for hydroxylation is 1. The lowest BCUT2D eigenvalue weighted by Gasteiger charge is -2.17. The SMILES string of the molecule is Cc1cc(Br)ccc1NC(C)C(=O)NCC(C)C. The Labute approximate surface area is 117 Å². The summed E-state index contributed by atoms with van der Waals surface area (Å²) in [6, 6.07) is 5.74. The van der Waals surface area contributed by atoms with Gasteiger partial charge in [-0.05, 0) is 43.5 Å². The van der Waals surface area contributed by atoms with E-state index in [1.165, 1.54) is 0 Å². The molecule has 3 nitrogen and oxygen atoms in total. The fraction of sp³-hybridized carbons (Fsp3) is 0.500. The highest BCUT2D eigenvalue weighted by molar-refractivity contribution is 9.10. The molecule has 0 fully saturated rings. The lowest BCUT2D eigenvalue weighted by Crippen LogP contribution is -2.39. The zero-order valence-electron chi connectivity index (χ0n) is 11.4. The Bertz CT molecular complexity index is 418. The summed E-state index contributed by atoms with van der Waals surface area (Å²) in [4.78, 5) is 11.8. The smallest absolute Gasteiger partial charge is 0.242 e. The van der Waals surface area contributed by atoms with Crippen molar-refractivity contribution < 1.29 is 4.79 Å². The van der Waals surface area contributed by atoms with Gasteiger partial charge in [0.1, 0.15) is 6.04 Å². The molecule has 18 heavy (non-hydrogen) atoms. The van der Waals surface area contributed by atoms with E-state index in [0.717, 1.165) is 15.7 Å². The average molecular weight is 313 g/mol. The maximum atomic E-state index is 11.8. The Morgan fingerprint density at radius 1 is 1.33 bits per heavy atom. The molecule has 0 heterocycles. The molecule has 100 valence electrons. The minimum Gasteiger partial charge on any atom is -0.374 e. The number of carbonyl (C=O) groups excluding carboxylic acids is 1. The van der Waals surface area contributed by atoms with Crippen LogP contribution in [0, 0.1) is 12.8 Å². The number of amides is 1. The van der Waals surface area contributed by atoms with Crippen molar-refractivity contribution in [2.45, 2.75) is 33.7 Å². The summed E-state index contributed by atoms with van der Waals surface area (Å²) in [5, 5.41) is 6.15. The molecule has 0 saturated carbocycles. The number of benzene rings is 1. The lowest BCUT2D eigenvalue weighted by atomic mass is 10.1. The second kappa shape index (κ2) is 6.78. The van der Waals surface area contributed by atoms with E-state index in [9.17, 15) is 4.79 Å². The van der Waals surface area contributed by atoms with Gasteiger partial charge in [0, 0.05) is 16.7 Å². The quantitative estimate of drug-likeness (QED) is 0.875. The van der Waals surface area contributed by atoms with Gasteiger partial charge >= 0.3 is 0 Å². The molecule has 0 aliphatic carbocycles. The van der Waals surface area contributed by atoms with Crippen LogP contribution in [-0.4, -0.2) is 18.5 Å². The van der Waals surface area contributed by atoms with Gasteiger partial charge < -0.3 is 10.6 Å². The molecule has 2 N–H and O–H groups in total. The second-order valence-electron chi connectivity index (χ2n) is 4.96. The van der Waals surface area contributed by atoms with Crippen molar-refractivity contribution in [3.8, 4) is 0 Å². The topological polar surface area (TPSA) is 41.1 Å². The highest BCUT2D eigenvalue weighted by Gasteiger charge is 2.13. The highest BCUT2D eigenvalue weighted by atomic mass is 79.9. The largest absolute Gasteiger partial charge is 0.374 e. The van der Waals surface area contributed by atoms with Gasteiger partial charge in [-0.25, -0.2) is 0 Å². The van der Waals surface area contributed by atoms with E-state index < -0.39 is 0 Å². The zero-order chi connectivity index (χ0) is 13.7. The third-order valence-corrected chi connectivity index (χ3v) is 3.13. The van der Waals surface area contributed by atoms with Gasteiger partial charge in [0.15, 0.2) is 0 Å². The van der Waals surface area contributed by atoms with Crippen LogP contribution < -0.4 is 10.6 Å². The molecule has 1 atom stereocenters. The summed E-state index contributed by atoms with van der Waals surface area (Å²) < 4.78 is 1.04. The van der Waals surface area contributed by atoms with Gasteiger partial charge in [-0.2, -0.15) is 0 Å². The van der Waals surface area contributed by atoms with Crippen molar-refractivity contribution >= 4 is 27.5 Å². The summed E-state index contributed by atoms with van der Waals surface area (Å²) in [6.45, 7) is 8.77. The molecule has 4 heteroatoms. The molecule has 0 saturated heterocycles. The van der Waals surface area contributed by atoms with Crippen LogP contribution in [0.4, 0.5) is 5.69 Å². The van der Waals surface area contributed by atoms with E-state index in [-0.39, 0.29) is 11.9 Å². The van der Waals surface area contributed by atoms with Crippen LogP contribution in [0.3, 0.4) is 0 Å². The number of halogens is 1. The number of rotatable bonds is 5. The molecule has 0 spiro atoms. The molecule has 0 aliphatic heterocycles. The third kappa shape index (κ3) is 4.69. The first kappa shape index (κ1) is 15.0. The summed E-state index contributed by atoms with van der Waals surface area (Å²) in [5.74, 6) is 0.501. The highest BCUT2D eigenvalue weighted by Crippen LogP contribution is 2.20. The molecule has 1 aromatic rings. The minimum absolute atomic E-state index is 0.0334. The Hall–Kier alpha value is -1.03. The Kier molecular flexibility index (Phi) is 5.66. The summed E-state index contributed by atoms with van der Waals surface area (Å²) >= 11 is 3.43. The molecule has 1 aromatic carbocycles. The molecular weight excluding hydrogens is 292 g/mol. The van der Waals surface area contributed by atoms with Crippen molar-refractivity contribution in [2.24, 2.45) is 5.92 Å². The van der Waals surface area contributed by atoms with Crippen molar-refractivity contribution in [2.75, 3.05) is 11.9 Å². The minimum atomic E-state index is -0.233. The summed E-state index contributed by atoms with van der Waals surface area (Å²) in [6.07, 6.45) is 0.